The van der Waals surface area contributed by atoms with Crippen molar-refractivity contribution in [1.82, 2.24) is 15.2 Å². The van der Waals surface area contributed by atoms with Crippen LogP contribution in [0.1, 0.15) is 44.7 Å². The molecular formula is C18H28N4OS. The summed E-state index contributed by atoms with van der Waals surface area (Å²) in [6.07, 6.45) is 5.97. The van der Waals surface area contributed by atoms with Crippen molar-refractivity contribution < 1.29 is 4.79 Å². The first-order valence-electron chi connectivity index (χ1n) is 9.33. The molecule has 1 amide bonds. The van der Waals surface area contributed by atoms with E-state index in [0.717, 1.165) is 62.2 Å². The minimum absolute atomic E-state index is 0.185. The third-order valence-corrected chi connectivity index (χ3v) is 6.82. The van der Waals surface area contributed by atoms with Crippen LogP contribution in [0.25, 0.3) is 0 Å². The number of carbonyl (C=O) groups excluding carboxylic acids is 1. The average Bonchev–Trinajstić information content (AvgIpc) is 3.07. The minimum Gasteiger partial charge on any atom is -0.317 e. The lowest BCUT2D eigenvalue weighted by molar-refractivity contribution is -0.118. The molecule has 0 radical (unpaired) electrons. The zero-order valence-corrected chi connectivity index (χ0v) is 15.3. The van der Waals surface area contributed by atoms with Gasteiger partial charge in [0.2, 0.25) is 5.91 Å². The third kappa shape index (κ3) is 3.51. The number of nitrogens with one attached hydrogen (secondary N) is 2. The molecule has 3 heterocycles. The van der Waals surface area contributed by atoms with Crippen LogP contribution in [0.5, 0.6) is 0 Å². The second-order valence-electron chi connectivity index (χ2n) is 7.98. The summed E-state index contributed by atoms with van der Waals surface area (Å²) in [7, 11) is 0. The van der Waals surface area contributed by atoms with Crippen molar-refractivity contribution >= 4 is 22.4 Å². The normalized spacial score (nSPS) is 29.5. The molecule has 2 N–H and O–H groups in total. The van der Waals surface area contributed by atoms with Crippen LogP contribution in [-0.2, 0) is 11.3 Å². The van der Waals surface area contributed by atoms with E-state index in [1.54, 1.807) is 11.3 Å². The molecule has 1 spiro atoms. The second-order valence-corrected chi connectivity index (χ2v) is 8.84. The Hall–Kier alpha value is -0.980. The van der Waals surface area contributed by atoms with Gasteiger partial charge in [-0.25, -0.2) is 4.98 Å². The Bertz CT molecular complexity index is 596. The predicted octanol–water partition coefficient (Wildman–Crippen LogP) is 2.70. The number of piperidine rings is 2. The van der Waals surface area contributed by atoms with Gasteiger partial charge in [0.05, 0.1) is 5.69 Å². The zero-order valence-electron chi connectivity index (χ0n) is 14.5. The van der Waals surface area contributed by atoms with E-state index in [1.165, 1.54) is 19.4 Å². The molecule has 132 valence electrons. The van der Waals surface area contributed by atoms with E-state index >= 15 is 0 Å². The van der Waals surface area contributed by atoms with Crippen molar-refractivity contribution in [1.29, 1.82) is 0 Å². The summed E-state index contributed by atoms with van der Waals surface area (Å²) in [5.41, 5.74) is 1.39. The maximum atomic E-state index is 12.5. The Morgan fingerprint density at radius 1 is 1.50 bits per heavy atom. The molecule has 1 saturated carbocycles. The van der Waals surface area contributed by atoms with E-state index in [4.69, 9.17) is 0 Å². The molecule has 1 aliphatic carbocycles. The molecule has 3 fully saturated rings. The van der Waals surface area contributed by atoms with Gasteiger partial charge < -0.3 is 10.6 Å². The molecule has 3 aliphatic rings. The summed E-state index contributed by atoms with van der Waals surface area (Å²) in [5, 5.41) is 9.33. The van der Waals surface area contributed by atoms with Gasteiger partial charge in [0.25, 0.3) is 0 Å². The molecule has 0 bridgehead atoms. The highest BCUT2D eigenvalue weighted by molar-refractivity contribution is 7.13. The molecule has 1 aromatic heterocycles. The topological polar surface area (TPSA) is 57.3 Å². The summed E-state index contributed by atoms with van der Waals surface area (Å²) in [5.74, 6) is 1.17. The van der Waals surface area contributed by atoms with Gasteiger partial charge in [-0.15, -0.1) is 11.3 Å². The maximum Gasteiger partial charge on any atom is 0.229 e. The van der Waals surface area contributed by atoms with Crippen LogP contribution in [0.2, 0.25) is 0 Å². The molecule has 24 heavy (non-hydrogen) atoms. The van der Waals surface area contributed by atoms with Gasteiger partial charge in [-0.1, -0.05) is 6.92 Å². The average molecular weight is 349 g/mol. The van der Waals surface area contributed by atoms with Gasteiger partial charge in [-0.05, 0) is 63.1 Å². The van der Waals surface area contributed by atoms with E-state index in [2.05, 4.69) is 32.8 Å². The van der Waals surface area contributed by atoms with Gasteiger partial charge in [-0.2, -0.15) is 0 Å². The molecular weight excluding hydrogens is 320 g/mol. The van der Waals surface area contributed by atoms with E-state index in [0.29, 0.717) is 5.41 Å². The van der Waals surface area contributed by atoms with Gasteiger partial charge in [0, 0.05) is 24.4 Å². The highest BCUT2D eigenvalue weighted by atomic mass is 32.1. The van der Waals surface area contributed by atoms with Crippen molar-refractivity contribution in [2.24, 2.45) is 17.3 Å². The number of nitrogens with zero attached hydrogens (tertiary/aromatic N) is 2. The fourth-order valence-corrected chi connectivity index (χ4v) is 5.19. The Morgan fingerprint density at radius 2 is 2.33 bits per heavy atom. The van der Waals surface area contributed by atoms with Crippen LogP contribution in [-0.4, -0.2) is 42.0 Å². The standard InChI is InChI=1S/C18H28N4OS/c1-13-3-2-8-22(10-13)11-14-12-24-17(20-14)21-16(23)15-9-18(15)4-6-19-7-5-18/h12-13,15,19H,2-11H2,1H3,(H,20,21,23). The molecule has 2 unspecified atom stereocenters. The first-order chi connectivity index (χ1) is 11.6. The van der Waals surface area contributed by atoms with Crippen molar-refractivity contribution in [2.75, 3.05) is 31.5 Å². The number of carbonyl (C=O) groups is 1. The number of likely N-dealkylation sites (tertiary alicyclic amines) is 1. The largest absolute Gasteiger partial charge is 0.317 e. The first-order valence-corrected chi connectivity index (χ1v) is 10.2. The van der Waals surface area contributed by atoms with E-state index in [9.17, 15) is 4.79 Å². The van der Waals surface area contributed by atoms with E-state index in [1.807, 2.05) is 0 Å². The fraction of sp³-hybridized carbons (Fsp3) is 0.778. The van der Waals surface area contributed by atoms with Gasteiger partial charge >= 0.3 is 0 Å². The number of anilines is 1. The summed E-state index contributed by atoms with van der Waals surface area (Å²) in [4.78, 5) is 19.6. The summed E-state index contributed by atoms with van der Waals surface area (Å²) in [6, 6.07) is 0. The van der Waals surface area contributed by atoms with Gasteiger partial charge in [0.15, 0.2) is 5.13 Å². The Labute approximate surface area is 148 Å². The Morgan fingerprint density at radius 3 is 3.12 bits per heavy atom. The van der Waals surface area contributed by atoms with Gasteiger partial charge in [-0.3, -0.25) is 9.69 Å². The van der Waals surface area contributed by atoms with Crippen molar-refractivity contribution in [3.05, 3.63) is 11.1 Å². The molecule has 5 nitrogen and oxygen atoms in total. The van der Waals surface area contributed by atoms with Gasteiger partial charge in [0.1, 0.15) is 0 Å². The summed E-state index contributed by atoms with van der Waals surface area (Å²) in [6.45, 7) is 7.68. The van der Waals surface area contributed by atoms with Crippen LogP contribution in [0.3, 0.4) is 0 Å². The lowest BCUT2D eigenvalue weighted by Gasteiger charge is -2.30. The number of amides is 1. The molecule has 2 aliphatic heterocycles. The van der Waals surface area contributed by atoms with Crippen LogP contribution in [0.15, 0.2) is 5.38 Å². The maximum absolute atomic E-state index is 12.5. The minimum atomic E-state index is 0.185. The lowest BCUT2D eigenvalue weighted by atomic mass is 9.92. The monoisotopic (exact) mass is 348 g/mol. The molecule has 0 aromatic carbocycles. The SMILES string of the molecule is CC1CCCN(Cc2csc(NC(=O)C3CC34CCNCC4)n2)C1. The fourth-order valence-electron chi connectivity index (χ4n) is 4.48. The highest BCUT2D eigenvalue weighted by Gasteiger charge is 2.57. The Kier molecular flexibility index (Phi) is 4.62. The number of thiazole rings is 1. The molecule has 2 atom stereocenters. The highest BCUT2D eigenvalue weighted by Crippen LogP contribution is 2.58. The lowest BCUT2D eigenvalue weighted by Crippen LogP contribution is -2.33. The molecule has 4 rings (SSSR count). The molecule has 6 heteroatoms. The number of hydrogen-bond acceptors (Lipinski definition) is 5. The summed E-state index contributed by atoms with van der Waals surface area (Å²) < 4.78 is 0. The van der Waals surface area contributed by atoms with Crippen molar-refractivity contribution in [2.45, 2.75) is 45.6 Å². The van der Waals surface area contributed by atoms with Crippen molar-refractivity contribution in [3.8, 4) is 0 Å². The number of aromatic nitrogens is 1. The summed E-state index contributed by atoms with van der Waals surface area (Å²) >= 11 is 1.57. The van der Waals surface area contributed by atoms with E-state index in [-0.39, 0.29) is 11.8 Å². The number of rotatable bonds is 4. The van der Waals surface area contributed by atoms with E-state index < -0.39 is 0 Å². The third-order valence-electron chi connectivity index (χ3n) is 6.01. The molecule has 2 saturated heterocycles. The van der Waals surface area contributed by atoms with Crippen molar-refractivity contribution in [3.63, 3.8) is 0 Å². The molecule has 1 aromatic rings. The smallest absolute Gasteiger partial charge is 0.229 e. The van der Waals surface area contributed by atoms with Crippen LogP contribution in [0.4, 0.5) is 5.13 Å². The zero-order chi connectivity index (χ0) is 16.6. The van der Waals surface area contributed by atoms with Crippen LogP contribution >= 0.6 is 11.3 Å². The second kappa shape index (κ2) is 6.73. The quantitative estimate of drug-likeness (QED) is 0.878. The number of hydrogen-bond donors (Lipinski definition) is 2. The predicted molar refractivity (Wildman–Crippen MR) is 97.1 cm³/mol. The Balaban J connectivity index is 1.30. The van der Waals surface area contributed by atoms with Crippen LogP contribution in [0, 0.1) is 17.3 Å². The van der Waals surface area contributed by atoms with Crippen LogP contribution < -0.4 is 10.6 Å². The first kappa shape index (κ1) is 16.5.